The Morgan fingerprint density at radius 2 is 1.79 bits per heavy atom. The van der Waals surface area contributed by atoms with Crippen molar-refractivity contribution in [3.8, 4) is 5.75 Å². The van der Waals surface area contributed by atoms with E-state index in [1.807, 2.05) is 30.3 Å². The summed E-state index contributed by atoms with van der Waals surface area (Å²) in [6, 6.07) is 15.6. The predicted molar refractivity (Wildman–Crippen MR) is 98.8 cm³/mol. The van der Waals surface area contributed by atoms with E-state index in [-0.39, 0.29) is 30.0 Å². The number of anilines is 1. The molecule has 0 spiro atoms. The number of hydrogen-bond donors (Lipinski definition) is 3. The maximum Gasteiger partial charge on any atom is 0.227 e. The number of phenols is 1. The summed E-state index contributed by atoms with van der Waals surface area (Å²) in [5, 5.41) is 16.2. The molecule has 1 amide bonds. The summed E-state index contributed by atoms with van der Waals surface area (Å²) in [6.45, 7) is 1.75. The van der Waals surface area contributed by atoms with Crippen LogP contribution in [0.3, 0.4) is 0 Å². The number of rotatable bonds is 4. The normalized spacial score (nSPS) is 14.7. The van der Waals surface area contributed by atoms with Gasteiger partial charge in [-0.15, -0.1) is 12.4 Å². The molecule has 0 bridgehead atoms. The lowest BCUT2D eigenvalue weighted by atomic mass is 9.97. The summed E-state index contributed by atoms with van der Waals surface area (Å²) in [4.78, 5) is 12.3. The van der Waals surface area contributed by atoms with Crippen LogP contribution in [0.1, 0.15) is 24.0 Å². The van der Waals surface area contributed by atoms with Crippen LogP contribution in [0.4, 0.5) is 5.69 Å². The van der Waals surface area contributed by atoms with Gasteiger partial charge in [-0.05, 0) is 55.6 Å². The molecule has 128 valence electrons. The fourth-order valence-corrected chi connectivity index (χ4v) is 2.94. The Morgan fingerprint density at radius 3 is 2.50 bits per heavy atom. The number of benzene rings is 2. The van der Waals surface area contributed by atoms with Crippen LogP contribution in [0.5, 0.6) is 5.75 Å². The number of hydrogen-bond acceptors (Lipinski definition) is 3. The van der Waals surface area contributed by atoms with Crippen LogP contribution in [-0.2, 0) is 11.2 Å². The number of carbonyl (C=O) groups is 1. The first-order valence-electron chi connectivity index (χ1n) is 8.10. The largest absolute Gasteiger partial charge is 0.506 e. The van der Waals surface area contributed by atoms with Crippen LogP contribution in [-0.4, -0.2) is 24.1 Å². The van der Waals surface area contributed by atoms with E-state index in [0.717, 1.165) is 37.9 Å². The van der Waals surface area contributed by atoms with E-state index in [4.69, 9.17) is 0 Å². The molecule has 2 aromatic carbocycles. The van der Waals surface area contributed by atoms with Crippen molar-refractivity contribution in [1.29, 1.82) is 0 Å². The summed E-state index contributed by atoms with van der Waals surface area (Å²) in [6.07, 6.45) is 2.46. The van der Waals surface area contributed by atoms with Gasteiger partial charge in [-0.1, -0.05) is 36.4 Å². The van der Waals surface area contributed by atoms with Crippen molar-refractivity contribution in [2.24, 2.45) is 5.92 Å². The number of phenolic OH excluding ortho intramolecular Hbond substituents is 1. The molecule has 0 aliphatic carbocycles. The van der Waals surface area contributed by atoms with Crippen LogP contribution in [0.2, 0.25) is 0 Å². The third-order valence-electron chi connectivity index (χ3n) is 4.28. The van der Waals surface area contributed by atoms with Crippen molar-refractivity contribution in [3.63, 3.8) is 0 Å². The first-order chi connectivity index (χ1) is 11.2. The maximum absolute atomic E-state index is 12.3. The van der Waals surface area contributed by atoms with E-state index in [0.29, 0.717) is 5.69 Å². The van der Waals surface area contributed by atoms with Gasteiger partial charge in [0.25, 0.3) is 0 Å². The van der Waals surface area contributed by atoms with Crippen molar-refractivity contribution in [1.82, 2.24) is 5.32 Å². The van der Waals surface area contributed by atoms with E-state index in [9.17, 15) is 9.90 Å². The predicted octanol–water partition coefficient (Wildman–Crippen LogP) is 3.34. The lowest BCUT2D eigenvalue weighted by Gasteiger charge is -2.22. The third kappa shape index (κ3) is 4.73. The molecular formula is C19H23ClN2O2. The molecule has 0 unspecified atom stereocenters. The second kappa shape index (κ2) is 8.71. The lowest BCUT2D eigenvalue weighted by Crippen LogP contribution is -2.34. The molecule has 24 heavy (non-hydrogen) atoms. The highest BCUT2D eigenvalue weighted by Crippen LogP contribution is 2.27. The van der Waals surface area contributed by atoms with Gasteiger partial charge >= 0.3 is 0 Å². The van der Waals surface area contributed by atoms with Gasteiger partial charge in [0.1, 0.15) is 5.75 Å². The number of nitrogens with one attached hydrogen (secondary N) is 2. The number of piperidine rings is 1. The molecule has 5 heteroatoms. The summed E-state index contributed by atoms with van der Waals surface area (Å²) in [7, 11) is 0. The molecule has 3 N–H and O–H groups in total. The van der Waals surface area contributed by atoms with E-state index in [1.165, 1.54) is 5.56 Å². The summed E-state index contributed by atoms with van der Waals surface area (Å²) < 4.78 is 0. The van der Waals surface area contributed by atoms with Gasteiger partial charge in [0.15, 0.2) is 0 Å². The van der Waals surface area contributed by atoms with Gasteiger partial charge in [0.05, 0.1) is 5.69 Å². The van der Waals surface area contributed by atoms with Crippen molar-refractivity contribution in [3.05, 3.63) is 59.7 Å². The molecule has 4 nitrogen and oxygen atoms in total. The van der Waals surface area contributed by atoms with Crippen molar-refractivity contribution in [2.75, 3.05) is 18.4 Å². The van der Waals surface area contributed by atoms with Gasteiger partial charge in [0, 0.05) is 5.92 Å². The number of halogens is 1. The van der Waals surface area contributed by atoms with Crippen LogP contribution >= 0.6 is 12.4 Å². The van der Waals surface area contributed by atoms with E-state index < -0.39 is 0 Å². The molecule has 0 radical (unpaired) electrons. The SMILES string of the molecule is Cl.O=C(Nc1cc(Cc2ccccc2)ccc1O)C1CCNCC1. The summed E-state index contributed by atoms with van der Waals surface area (Å²) >= 11 is 0. The molecule has 1 aliphatic heterocycles. The monoisotopic (exact) mass is 346 g/mol. The van der Waals surface area contributed by atoms with Gasteiger partial charge in [-0.3, -0.25) is 4.79 Å². The van der Waals surface area contributed by atoms with Crippen molar-refractivity contribution in [2.45, 2.75) is 19.3 Å². The highest BCUT2D eigenvalue weighted by molar-refractivity contribution is 5.94. The zero-order chi connectivity index (χ0) is 16.1. The lowest BCUT2D eigenvalue weighted by molar-refractivity contribution is -0.120. The Bertz CT molecular complexity index is 670. The quantitative estimate of drug-likeness (QED) is 0.744. The first-order valence-corrected chi connectivity index (χ1v) is 8.10. The van der Waals surface area contributed by atoms with Crippen LogP contribution < -0.4 is 10.6 Å². The topological polar surface area (TPSA) is 61.4 Å². The van der Waals surface area contributed by atoms with Crippen LogP contribution in [0, 0.1) is 5.92 Å². The standard InChI is InChI=1S/C19H22N2O2.ClH/c22-18-7-6-15(12-14-4-2-1-3-5-14)13-17(18)21-19(23)16-8-10-20-11-9-16;/h1-7,13,16,20,22H,8-12H2,(H,21,23);1H. The van der Waals surface area contributed by atoms with Crippen molar-refractivity contribution >= 4 is 24.0 Å². The zero-order valence-electron chi connectivity index (χ0n) is 13.5. The Balaban J connectivity index is 0.00000208. The fourth-order valence-electron chi connectivity index (χ4n) is 2.94. The molecule has 0 aromatic heterocycles. The molecule has 0 atom stereocenters. The molecular weight excluding hydrogens is 324 g/mol. The van der Waals surface area contributed by atoms with Gasteiger partial charge in [0.2, 0.25) is 5.91 Å². The molecule has 2 aromatic rings. The van der Waals surface area contributed by atoms with Gasteiger partial charge < -0.3 is 15.7 Å². The van der Waals surface area contributed by atoms with Gasteiger partial charge in [-0.2, -0.15) is 0 Å². The summed E-state index contributed by atoms with van der Waals surface area (Å²) in [5.74, 6) is 0.135. The Hall–Kier alpha value is -2.04. The zero-order valence-corrected chi connectivity index (χ0v) is 14.3. The average Bonchev–Trinajstić information content (AvgIpc) is 2.59. The second-order valence-corrected chi connectivity index (χ2v) is 6.03. The van der Waals surface area contributed by atoms with Crippen LogP contribution in [0.25, 0.3) is 0 Å². The first kappa shape index (κ1) is 18.3. The third-order valence-corrected chi connectivity index (χ3v) is 4.28. The Morgan fingerprint density at radius 1 is 1.08 bits per heavy atom. The number of carbonyl (C=O) groups excluding carboxylic acids is 1. The minimum absolute atomic E-state index is 0. The van der Waals surface area contributed by atoms with Crippen LogP contribution in [0.15, 0.2) is 48.5 Å². The fraction of sp³-hybridized carbons (Fsp3) is 0.316. The highest BCUT2D eigenvalue weighted by Gasteiger charge is 2.21. The highest BCUT2D eigenvalue weighted by atomic mass is 35.5. The number of aromatic hydroxyl groups is 1. The maximum atomic E-state index is 12.3. The molecule has 1 fully saturated rings. The van der Waals surface area contributed by atoms with E-state index >= 15 is 0 Å². The van der Waals surface area contributed by atoms with Gasteiger partial charge in [-0.25, -0.2) is 0 Å². The summed E-state index contributed by atoms with van der Waals surface area (Å²) in [5.41, 5.74) is 2.77. The Labute approximate surface area is 148 Å². The Kier molecular flexibility index (Phi) is 6.64. The van der Waals surface area contributed by atoms with E-state index in [2.05, 4.69) is 22.8 Å². The molecule has 0 saturated carbocycles. The number of amides is 1. The minimum atomic E-state index is -0.00124. The minimum Gasteiger partial charge on any atom is -0.506 e. The van der Waals surface area contributed by atoms with E-state index in [1.54, 1.807) is 6.07 Å². The second-order valence-electron chi connectivity index (χ2n) is 6.03. The molecule has 1 saturated heterocycles. The van der Waals surface area contributed by atoms with Crippen molar-refractivity contribution < 1.29 is 9.90 Å². The average molecular weight is 347 g/mol. The molecule has 1 aliphatic rings. The smallest absolute Gasteiger partial charge is 0.227 e. The molecule has 3 rings (SSSR count). The molecule has 1 heterocycles.